The molecule has 0 unspecified atom stereocenters. The molecule has 0 spiro atoms. The maximum Gasteiger partial charge on any atom is 0.119 e. The van der Waals surface area contributed by atoms with E-state index in [0.717, 1.165) is 23.7 Å². The number of hydrogen-bond donors (Lipinski definition) is 2. The van der Waals surface area contributed by atoms with Crippen molar-refractivity contribution in [3.63, 3.8) is 0 Å². The van der Waals surface area contributed by atoms with Gasteiger partial charge in [-0.05, 0) is 61.8 Å². The molecule has 0 saturated heterocycles. The molecule has 0 radical (unpaired) electrons. The summed E-state index contributed by atoms with van der Waals surface area (Å²) in [7, 11) is 0. The van der Waals surface area contributed by atoms with E-state index in [0.29, 0.717) is 17.3 Å². The zero-order valence-electron chi connectivity index (χ0n) is 10.5. The van der Waals surface area contributed by atoms with Gasteiger partial charge in [0.05, 0.1) is 5.56 Å². The third-order valence-corrected chi connectivity index (χ3v) is 5.58. The molecule has 4 fully saturated rings. The average molecular weight is 241 g/mol. The van der Waals surface area contributed by atoms with Crippen LogP contribution >= 0.6 is 0 Å². The van der Waals surface area contributed by atoms with Crippen molar-refractivity contribution in [2.24, 2.45) is 23.7 Å². The number of H-pyrrole nitrogens is 1. The van der Waals surface area contributed by atoms with E-state index in [2.05, 4.69) is 11.1 Å². The third kappa shape index (κ3) is 1.35. The Hall–Kier alpha value is -1.43. The molecule has 4 aliphatic carbocycles. The maximum atomic E-state index is 9.03. The molecule has 4 bridgehead atoms. The van der Waals surface area contributed by atoms with Crippen LogP contribution in [-0.4, -0.2) is 4.98 Å². The van der Waals surface area contributed by atoms with Crippen molar-refractivity contribution in [1.82, 2.24) is 4.98 Å². The molecule has 3 nitrogen and oxygen atoms in total. The number of aromatic nitrogens is 1. The molecular formula is C15H19N3. The van der Waals surface area contributed by atoms with Crippen molar-refractivity contribution in [3.8, 4) is 6.07 Å². The number of nitriles is 1. The molecule has 18 heavy (non-hydrogen) atoms. The van der Waals surface area contributed by atoms with Crippen LogP contribution in [0, 0.1) is 35.0 Å². The number of aromatic amines is 1. The second-order valence-electron chi connectivity index (χ2n) is 6.62. The van der Waals surface area contributed by atoms with Crippen LogP contribution in [0.4, 0.5) is 5.82 Å². The minimum Gasteiger partial charge on any atom is -0.384 e. The highest BCUT2D eigenvalue weighted by Gasteiger charge is 2.49. The minimum absolute atomic E-state index is 0.557. The van der Waals surface area contributed by atoms with Crippen LogP contribution < -0.4 is 5.73 Å². The van der Waals surface area contributed by atoms with Crippen LogP contribution in [0.1, 0.15) is 49.3 Å². The highest BCUT2D eigenvalue weighted by Crippen LogP contribution is 2.59. The van der Waals surface area contributed by atoms with Crippen molar-refractivity contribution < 1.29 is 0 Å². The van der Waals surface area contributed by atoms with Gasteiger partial charge in [0.25, 0.3) is 0 Å². The molecule has 1 aromatic rings. The lowest BCUT2D eigenvalue weighted by Gasteiger charge is -2.54. The summed E-state index contributed by atoms with van der Waals surface area (Å²) in [6, 6.07) is 4.18. The number of nitrogen functional groups attached to an aromatic ring is 1. The highest BCUT2D eigenvalue weighted by molar-refractivity contribution is 5.51. The molecule has 94 valence electrons. The summed E-state index contributed by atoms with van der Waals surface area (Å²) in [5.74, 6) is 4.86. The monoisotopic (exact) mass is 241 g/mol. The zero-order chi connectivity index (χ0) is 12.3. The lowest BCUT2D eigenvalue weighted by molar-refractivity contribution is -0.00396. The number of hydrogen-bond acceptors (Lipinski definition) is 2. The van der Waals surface area contributed by atoms with Gasteiger partial charge in [-0.2, -0.15) is 5.26 Å². The van der Waals surface area contributed by atoms with E-state index in [-0.39, 0.29) is 0 Å². The predicted molar refractivity (Wildman–Crippen MR) is 69.7 cm³/mol. The fourth-order valence-corrected chi connectivity index (χ4v) is 5.20. The van der Waals surface area contributed by atoms with Gasteiger partial charge in [-0.15, -0.1) is 0 Å². The summed E-state index contributed by atoms with van der Waals surface area (Å²) < 4.78 is 0. The molecule has 4 aliphatic rings. The zero-order valence-corrected chi connectivity index (χ0v) is 10.5. The van der Waals surface area contributed by atoms with E-state index in [9.17, 15) is 0 Å². The Balaban J connectivity index is 1.70. The number of anilines is 1. The summed E-state index contributed by atoms with van der Waals surface area (Å²) in [5, 5.41) is 9.03. The van der Waals surface area contributed by atoms with Gasteiger partial charge in [0, 0.05) is 11.6 Å². The molecule has 1 heterocycles. The van der Waals surface area contributed by atoms with Crippen molar-refractivity contribution in [1.29, 1.82) is 5.26 Å². The molecule has 0 atom stereocenters. The van der Waals surface area contributed by atoms with Crippen LogP contribution in [0.2, 0.25) is 0 Å². The second-order valence-corrected chi connectivity index (χ2v) is 6.62. The van der Waals surface area contributed by atoms with Gasteiger partial charge in [-0.3, -0.25) is 0 Å². The first-order valence-electron chi connectivity index (χ1n) is 7.13. The van der Waals surface area contributed by atoms with Crippen molar-refractivity contribution in [3.05, 3.63) is 17.3 Å². The van der Waals surface area contributed by atoms with E-state index in [4.69, 9.17) is 11.0 Å². The SMILES string of the molecule is N#Cc1cc(C2C3CC4CC(C3)CC2C4)[nH]c1N. The van der Waals surface area contributed by atoms with Gasteiger partial charge in [-0.1, -0.05) is 0 Å². The molecule has 0 aliphatic heterocycles. The molecular weight excluding hydrogens is 222 g/mol. The lowest BCUT2D eigenvalue weighted by Crippen LogP contribution is -2.43. The Morgan fingerprint density at radius 2 is 1.72 bits per heavy atom. The smallest absolute Gasteiger partial charge is 0.119 e. The number of rotatable bonds is 1. The number of nitrogens with zero attached hydrogens (tertiary/aromatic N) is 1. The fraction of sp³-hybridized carbons (Fsp3) is 0.667. The second kappa shape index (κ2) is 3.54. The summed E-state index contributed by atoms with van der Waals surface area (Å²) in [5.41, 5.74) is 7.72. The van der Waals surface area contributed by atoms with Crippen LogP contribution in [0.3, 0.4) is 0 Å². The summed E-state index contributed by atoms with van der Waals surface area (Å²) >= 11 is 0. The topological polar surface area (TPSA) is 65.6 Å². The standard InChI is InChI=1S/C15H19N3/c16-7-12-6-13(18-15(12)17)14-10-2-8-1-9(4-10)5-11(14)3-8/h6,8-11,14,18H,1-5,17H2. The fourth-order valence-electron chi connectivity index (χ4n) is 5.20. The molecule has 1 aromatic heterocycles. The van der Waals surface area contributed by atoms with E-state index < -0.39 is 0 Å². The van der Waals surface area contributed by atoms with Gasteiger partial charge in [-0.25, -0.2) is 0 Å². The number of nitrogens with one attached hydrogen (secondary N) is 1. The van der Waals surface area contributed by atoms with Gasteiger partial charge >= 0.3 is 0 Å². The molecule has 5 rings (SSSR count). The van der Waals surface area contributed by atoms with Crippen molar-refractivity contribution >= 4 is 5.82 Å². The normalized spacial score (nSPS) is 40.9. The average Bonchev–Trinajstić information content (AvgIpc) is 2.69. The maximum absolute atomic E-state index is 9.03. The van der Waals surface area contributed by atoms with Gasteiger partial charge in [0.15, 0.2) is 0 Å². The van der Waals surface area contributed by atoms with E-state index >= 15 is 0 Å². The first kappa shape index (κ1) is 10.5. The van der Waals surface area contributed by atoms with Gasteiger partial charge in [0.2, 0.25) is 0 Å². The van der Waals surface area contributed by atoms with Crippen molar-refractivity contribution in [2.75, 3.05) is 5.73 Å². The largest absolute Gasteiger partial charge is 0.384 e. The van der Waals surface area contributed by atoms with Crippen LogP contribution in [0.5, 0.6) is 0 Å². The van der Waals surface area contributed by atoms with Gasteiger partial charge < -0.3 is 10.7 Å². The predicted octanol–water partition coefficient (Wildman–Crippen LogP) is 3.01. The lowest BCUT2D eigenvalue weighted by atomic mass is 9.51. The van der Waals surface area contributed by atoms with E-state index in [1.165, 1.54) is 37.8 Å². The Morgan fingerprint density at radius 3 is 2.22 bits per heavy atom. The van der Waals surface area contributed by atoms with Gasteiger partial charge in [0.1, 0.15) is 11.9 Å². The minimum atomic E-state index is 0.557. The van der Waals surface area contributed by atoms with Crippen LogP contribution in [-0.2, 0) is 0 Å². The summed E-state index contributed by atoms with van der Waals surface area (Å²) in [6.07, 6.45) is 7.09. The Morgan fingerprint density at radius 1 is 1.11 bits per heavy atom. The first-order chi connectivity index (χ1) is 8.74. The van der Waals surface area contributed by atoms with Crippen LogP contribution in [0.15, 0.2) is 6.07 Å². The molecule has 4 saturated carbocycles. The summed E-state index contributed by atoms with van der Waals surface area (Å²) in [4.78, 5) is 3.28. The first-order valence-corrected chi connectivity index (χ1v) is 7.13. The molecule has 0 amide bonds. The Bertz CT molecular complexity index is 494. The van der Waals surface area contributed by atoms with E-state index in [1.807, 2.05) is 6.07 Å². The Labute approximate surface area is 107 Å². The van der Waals surface area contributed by atoms with E-state index in [1.54, 1.807) is 0 Å². The third-order valence-electron chi connectivity index (χ3n) is 5.58. The number of nitrogens with two attached hydrogens (primary N) is 1. The van der Waals surface area contributed by atoms with Crippen molar-refractivity contribution in [2.45, 2.75) is 38.0 Å². The molecule has 3 heteroatoms. The van der Waals surface area contributed by atoms with Crippen LogP contribution in [0.25, 0.3) is 0 Å². The summed E-state index contributed by atoms with van der Waals surface area (Å²) in [6.45, 7) is 0. The molecule has 3 N–H and O–H groups in total. The molecule has 0 aromatic carbocycles. The highest BCUT2D eigenvalue weighted by atomic mass is 14.9. The quantitative estimate of drug-likeness (QED) is 0.793. The Kier molecular flexibility index (Phi) is 2.06.